The zero-order valence-electron chi connectivity index (χ0n) is 17.0. The van der Waals surface area contributed by atoms with E-state index in [1.54, 1.807) is 19.3 Å². The van der Waals surface area contributed by atoms with Crippen molar-refractivity contribution < 1.29 is 17.2 Å². The molecule has 0 aliphatic carbocycles. The smallest absolute Gasteiger partial charge is 0.232 e. The second-order valence-electron chi connectivity index (χ2n) is 7.02. The van der Waals surface area contributed by atoms with Crippen molar-refractivity contribution in [2.75, 3.05) is 15.8 Å². The summed E-state index contributed by atoms with van der Waals surface area (Å²) in [5, 5.41) is 3.45. The maximum Gasteiger partial charge on any atom is 0.232 e. The molecule has 0 amide bonds. The van der Waals surface area contributed by atoms with Gasteiger partial charge in [0.2, 0.25) is 10.0 Å². The molecule has 2 N–H and O–H groups in total. The van der Waals surface area contributed by atoms with Gasteiger partial charge < -0.3 is 5.32 Å². The molecular weight excluding hydrogens is 436 g/mol. The van der Waals surface area contributed by atoms with Gasteiger partial charge in [0, 0.05) is 17.8 Å². The van der Waals surface area contributed by atoms with Crippen LogP contribution in [-0.2, 0) is 10.0 Å². The van der Waals surface area contributed by atoms with E-state index < -0.39 is 27.3 Å². The van der Waals surface area contributed by atoms with E-state index in [-0.39, 0.29) is 11.4 Å². The van der Waals surface area contributed by atoms with Crippen molar-refractivity contribution in [3.05, 3.63) is 72.8 Å². The Labute approximate surface area is 183 Å². The molecule has 0 spiro atoms. The van der Waals surface area contributed by atoms with Crippen LogP contribution < -0.4 is 10.0 Å². The Balaban J connectivity index is 1.74. The zero-order valence-corrected chi connectivity index (χ0v) is 17.8. The summed E-state index contributed by atoms with van der Waals surface area (Å²) in [6, 6.07) is 11.4. The maximum absolute atomic E-state index is 15.1. The van der Waals surface area contributed by atoms with Gasteiger partial charge in [-0.05, 0) is 53.9 Å². The van der Waals surface area contributed by atoms with Gasteiger partial charge in [-0.2, -0.15) is 0 Å². The van der Waals surface area contributed by atoms with Gasteiger partial charge in [-0.25, -0.2) is 27.2 Å². The van der Waals surface area contributed by atoms with Crippen molar-refractivity contribution in [2.45, 2.75) is 13.3 Å². The summed E-state index contributed by atoms with van der Waals surface area (Å²) < 4.78 is 55.3. The van der Waals surface area contributed by atoms with E-state index >= 15 is 4.39 Å². The second-order valence-corrected chi connectivity index (χ2v) is 8.86. The number of pyridine rings is 1. The minimum absolute atomic E-state index is 0.130. The molecule has 0 atom stereocenters. The summed E-state index contributed by atoms with van der Waals surface area (Å²) in [4.78, 5) is 12.4. The lowest BCUT2D eigenvalue weighted by molar-refractivity contribution is 0.584. The van der Waals surface area contributed by atoms with Gasteiger partial charge in [0.15, 0.2) is 5.82 Å². The number of sulfonamides is 1. The third-order valence-corrected chi connectivity index (χ3v) is 6.18. The van der Waals surface area contributed by atoms with Crippen LogP contribution in [0.3, 0.4) is 0 Å². The number of rotatable bonds is 7. The molecule has 164 valence electrons. The average molecular weight is 455 g/mol. The predicted octanol–water partition coefficient (Wildman–Crippen LogP) is 4.87. The second kappa shape index (κ2) is 8.83. The van der Waals surface area contributed by atoms with Crippen molar-refractivity contribution in [3.8, 4) is 11.1 Å². The summed E-state index contributed by atoms with van der Waals surface area (Å²) >= 11 is 0. The number of halogens is 2. The van der Waals surface area contributed by atoms with Gasteiger partial charge in [0.25, 0.3) is 0 Å². The number of aromatic nitrogens is 3. The number of hydrogen-bond acceptors (Lipinski definition) is 6. The molecule has 4 rings (SSSR count). The fraction of sp³-hybridized carbons (Fsp3) is 0.136. The SMILES string of the molecule is CCCS(=O)(=O)Nc1c(F)ccc(Nc2ncnc3ccc(-c4ccncc4)cc23)c1F. The van der Waals surface area contributed by atoms with Crippen molar-refractivity contribution in [3.63, 3.8) is 0 Å². The van der Waals surface area contributed by atoms with Crippen LogP contribution >= 0.6 is 0 Å². The van der Waals surface area contributed by atoms with Gasteiger partial charge in [0.1, 0.15) is 23.6 Å². The lowest BCUT2D eigenvalue weighted by atomic mass is 10.0. The highest BCUT2D eigenvalue weighted by Gasteiger charge is 2.20. The normalized spacial score (nSPS) is 11.5. The molecule has 0 radical (unpaired) electrons. The first-order valence-corrected chi connectivity index (χ1v) is 11.4. The van der Waals surface area contributed by atoms with Crippen LogP contribution in [0.2, 0.25) is 0 Å². The summed E-state index contributed by atoms with van der Waals surface area (Å²) in [5.41, 5.74) is 1.56. The fourth-order valence-electron chi connectivity index (χ4n) is 3.23. The molecule has 0 unspecified atom stereocenters. The topological polar surface area (TPSA) is 96.9 Å². The molecule has 0 bridgehead atoms. The van der Waals surface area contributed by atoms with Gasteiger partial charge in [-0.15, -0.1) is 0 Å². The molecule has 2 aromatic heterocycles. The van der Waals surface area contributed by atoms with Gasteiger partial charge in [-0.1, -0.05) is 13.0 Å². The van der Waals surface area contributed by atoms with Crippen LogP contribution in [0, 0.1) is 11.6 Å². The molecule has 0 fully saturated rings. The Kier molecular flexibility index (Phi) is 5.95. The monoisotopic (exact) mass is 455 g/mol. The minimum atomic E-state index is -3.88. The molecule has 0 saturated heterocycles. The molecule has 10 heteroatoms. The van der Waals surface area contributed by atoms with Crippen LogP contribution in [-0.4, -0.2) is 29.1 Å². The Morgan fingerprint density at radius 3 is 2.50 bits per heavy atom. The van der Waals surface area contributed by atoms with E-state index in [1.807, 2.05) is 35.1 Å². The van der Waals surface area contributed by atoms with Crippen LogP contribution in [0.1, 0.15) is 13.3 Å². The Bertz CT molecular complexity index is 1380. The van der Waals surface area contributed by atoms with Gasteiger partial charge in [-0.3, -0.25) is 9.71 Å². The first-order valence-electron chi connectivity index (χ1n) is 9.78. The van der Waals surface area contributed by atoms with E-state index in [2.05, 4.69) is 20.3 Å². The number of nitrogens with one attached hydrogen (secondary N) is 2. The molecule has 0 aliphatic rings. The summed E-state index contributed by atoms with van der Waals surface area (Å²) in [5.74, 6) is -2.04. The first kappa shape index (κ1) is 21.6. The van der Waals surface area contributed by atoms with Crippen LogP contribution in [0.5, 0.6) is 0 Å². The third kappa shape index (κ3) is 4.50. The van der Waals surface area contributed by atoms with Crippen molar-refractivity contribution in [2.24, 2.45) is 0 Å². The number of benzene rings is 2. The molecule has 4 aromatic rings. The fourth-order valence-corrected chi connectivity index (χ4v) is 4.36. The molecule has 0 aliphatic heterocycles. The van der Waals surface area contributed by atoms with E-state index in [9.17, 15) is 12.8 Å². The molecule has 2 aromatic carbocycles. The number of fused-ring (bicyclic) bond motifs is 1. The number of nitrogens with zero attached hydrogens (tertiary/aromatic N) is 3. The predicted molar refractivity (Wildman–Crippen MR) is 120 cm³/mol. The van der Waals surface area contributed by atoms with E-state index in [4.69, 9.17) is 0 Å². The molecule has 2 heterocycles. The maximum atomic E-state index is 15.1. The highest BCUT2D eigenvalue weighted by molar-refractivity contribution is 7.92. The van der Waals surface area contributed by atoms with Crippen LogP contribution in [0.15, 0.2) is 61.2 Å². The molecule has 32 heavy (non-hydrogen) atoms. The highest BCUT2D eigenvalue weighted by atomic mass is 32.2. The summed E-state index contributed by atoms with van der Waals surface area (Å²) in [6.45, 7) is 1.66. The van der Waals surface area contributed by atoms with Crippen LogP contribution in [0.25, 0.3) is 22.0 Å². The molecule has 7 nitrogen and oxygen atoms in total. The van der Waals surface area contributed by atoms with Crippen molar-refractivity contribution in [1.29, 1.82) is 0 Å². The van der Waals surface area contributed by atoms with E-state index in [0.29, 0.717) is 23.1 Å². The van der Waals surface area contributed by atoms with Crippen molar-refractivity contribution >= 4 is 38.1 Å². The van der Waals surface area contributed by atoms with Crippen molar-refractivity contribution in [1.82, 2.24) is 15.0 Å². The highest BCUT2D eigenvalue weighted by Crippen LogP contribution is 2.32. The number of hydrogen-bond donors (Lipinski definition) is 2. The Morgan fingerprint density at radius 2 is 1.75 bits per heavy atom. The van der Waals surface area contributed by atoms with E-state index in [0.717, 1.165) is 17.2 Å². The minimum Gasteiger partial charge on any atom is -0.337 e. The van der Waals surface area contributed by atoms with Gasteiger partial charge in [0.05, 0.1) is 17.0 Å². The third-order valence-electron chi connectivity index (χ3n) is 4.72. The molecular formula is C22H19F2N5O2S. The summed E-state index contributed by atoms with van der Waals surface area (Å²) in [6.07, 6.45) is 4.98. The van der Waals surface area contributed by atoms with Crippen LogP contribution in [0.4, 0.5) is 26.0 Å². The Morgan fingerprint density at radius 1 is 0.969 bits per heavy atom. The quantitative estimate of drug-likeness (QED) is 0.413. The lowest BCUT2D eigenvalue weighted by Crippen LogP contribution is -2.18. The summed E-state index contributed by atoms with van der Waals surface area (Å²) in [7, 11) is -3.88. The first-order chi connectivity index (χ1) is 15.4. The number of anilines is 3. The standard InChI is InChI=1S/C22H19F2N5O2S/c1-2-11-32(30,31)29-21-17(23)4-6-19(20(21)24)28-22-16-12-15(14-7-9-25-10-8-14)3-5-18(16)26-13-27-22/h3-10,12-13,29H,2,11H2,1H3,(H,26,27,28). The lowest BCUT2D eigenvalue weighted by Gasteiger charge is -2.14. The Hall–Kier alpha value is -3.66. The van der Waals surface area contributed by atoms with E-state index in [1.165, 1.54) is 12.4 Å². The zero-order chi connectivity index (χ0) is 22.7. The molecule has 0 saturated carbocycles. The average Bonchev–Trinajstić information content (AvgIpc) is 2.79. The van der Waals surface area contributed by atoms with Gasteiger partial charge >= 0.3 is 0 Å². The largest absolute Gasteiger partial charge is 0.337 e.